The van der Waals surface area contributed by atoms with E-state index in [0.29, 0.717) is 0 Å². The number of hydrogen-bond acceptors (Lipinski definition) is 0. The maximum atomic E-state index is 2.41. The van der Waals surface area contributed by atoms with E-state index in [9.17, 15) is 0 Å². The molecular formula is C17H24. The lowest BCUT2D eigenvalue weighted by Gasteiger charge is -2.28. The van der Waals surface area contributed by atoms with Crippen LogP contribution in [0.3, 0.4) is 0 Å². The quantitative estimate of drug-likeness (QED) is 0.648. The molecule has 0 aliphatic heterocycles. The van der Waals surface area contributed by atoms with Crippen LogP contribution in [-0.2, 0) is 0 Å². The third-order valence-electron chi connectivity index (χ3n) is 5.00. The van der Waals surface area contributed by atoms with E-state index in [0.717, 1.165) is 17.8 Å². The van der Waals surface area contributed by atoms with E-state index in [1.54, 1.807) is 11.1 Å². The van der Waals surface area contributed by atoms with Gasteiger partial charge in [-0.1, -0.05) is 50.5 Å². The van der Waals surface area contributed by atoms with E-state index in [1.807, 2.05) is 0 Å². The maximum Gasteiger partial charge on any atom is -0.0162 e. The average Bonchev–Trinajstić information content (AvgIpc) is 2.29. The molecule has 0 atom stereocenters. The Bertz CT molecular complexity index is 350. The lowest BCUT2D eigenvalue weighted by atomic mass is 9.77. The summed E-state index contributed by atoms with van der Waals surface area (Å²) in [7, 11) is 0. The van der Waals surface area contributed by atoms with Crippen molar-refractivity contribution in [1.82, 2.24) is 0 Å². The smallest absolute Gasteiger partial charge is 0.0162 e. The van der Waals surface area contributed by atoms with Crippen molar-refractivity contribution in [2.24, 2.45) is 5.92 Å². The van der Waals surface area contributed by atoms with Gasteiger partial charge >= 0.3 is 0 Å². The molecule has 0 bridgehead atoms. The molecule has 0 aromatic heterocycles. The Morgan fingerprint density at radius 1 is 0.706 bits per heavy atom. The lowest BCUT2D eigenvalue weighted by molar-refractivity contribution is 0.348. The summed E-state index contributed by atoms with van der Waals surface area (Å²) in [6, 6.07) is 9.62. The Hall–Kier alpha value is -0.780. The second-order valence-corrected chi connectivity index (χ2v) is 6.25. The van der Waals surface area contributed by atoms with Gasteiger partial charge in [-0.15, -0.1) is 0 Å². The van der Waals surface area contributed by atoms with E-state index >= 15 is 0 Å². The first-order valence-electron chi connectivity index (χ1n) is 7.43. The van der Waals surface area contributed by atoms with Gasteiger partial charge in [0.2, 0.25) is 0 Å². The van der Waals surface area contributed by atoms with E-state index in [2.05, 4.69) is 31.2 Å². The normalized spacial score (nSPS) is 29.9. The predicted octanol–water partition coefficient (Wildman–Crippen LogP) is 5.25. The van der Waals surface area contributed by atoms with Crippen LogP contribution < -0.4 is 0 Å². The fourth-order valence-corrected chi connectivity index (χ4v) is 3.38. The predicted molar refractivity (Wildman–Crippen MR) is 73.4 cm³/mol. The molecule has 1 aromatic carbocycles. The van der Waals surface area contributed by atoms with E-state index in [4.69, 9.17) is 0 Å². The first kappa shape index (κ1) is 11.3. The third-order valence-corrected chi connectivity index (χ3v) is 5.00. The molecular weight excluding hydrogens is 204 g/mol. The van der Waals surface area contributed by atoms with Crippen LogP contribution in [0.1, 0.15) is 74.8 Å². The molecule has 17 heavy (non-hydrogen) atoms. The molecule has 0 saturated heterocycles. The molecule has 0 spiro atoms. The molecule has 92 valence electrons. The van der Waals surface area contributed by atoms with Gasteiger partial charge in [-0.2, -0.15) is 0 Å². The van der Waals surface area contributed by atoms with Gasteiger partial charge in [0.1, 0.15) is 0 Å². The second-order valence-electron chi connectivity index (χ2n) is 6.25. The van der Waals surface area contributed by atoms with Gasteiger partial charge < -0.3 is 0 Å². The minimum absolute atomic E-state index is 0.849. The van der Waals surface area contributed by atoms with Crippen LogP contribution in [0, 0.1) is 5.92 Å². The van der Waals surface area contributed by atoms with Crippen LogP contribution in [0.4, 0.5) is 0 Å². The molecule has 0 radical (unpaired) electrons. The summed E-state index contributed by atoms with van der Waals surface area (Å²) in [5.41, 5.74) is 3.18. The molecule has 0 N–H and O–H groups in total. The highest BCUT2D eigenvalue weighted by molar-refractivity contribution is 5.29. The minimum atomic E-state index is 0.849. The molecule has 2 fully saturated rings. The molecule has 2 aliphatic rings. The fourth-order valence-electron chi connectivity index (χ4n) is 3.38. The van der Waals surface area contributed by atoms with Gasteiger partial charge in [-0.25, -0.2) is 0 Å². The molecule has 0 nitrogen and oxygen atoms in total. The first-order chi connectivity index (χ1) is 8.33. The Morgan fingerprint density at radius 3 is 1.59 bits per heavy atom. The van der Waals surface area contributed by atoms with Gasteiger partial charge in [0.05, 0.1) is 0 Å². The summed E-state index contributed by atoms with van der Waals surface area (Å²) < 4.78 is 0. The number of hydrogen-bond donors (Lipinski definition) is 0. The largest absolute Gasteiger partial charge is 0.0625 e. The van der Waals surface area contributed by atoms with Crippen molar-refractivity contribution in [1.29, 1.82) is 0 Å². The van der Waals surface area contributed by atoms with E-state index < -0.39 is 0 Å². The topological polar surface area (TPSA) is 0 Å². The van der Waals surface area contributed by atoms with Gasteiger partial charge in [-0.3, -0.25) is 0 Å². The summed E-state index contributed by atoms with van der Waals surface area (Å²) in [5.74, 6) is 2.69. The van der Waals surface area contributed by atoms with Crippen molar-refractivity contribution in [3.63, 3.8) is 0 Å². The summed E-state index contributed by atoms with van der Waals surface area (Å²) in [6.45, 7) is 2.40. The third kappa shape index (κ3) is 2.41. The Kier molecular flexibility index (Phi) is 3.22. The molecule has 2 saturated carbocycles. The zero-order chi connectivity index (χ0) is 11.7. The fraction of sp³-hybridized carbons (Fsp3) is 0.647. The highest BCUT2D eigenvalue weighted by atomic mass is 14.3. The Balaban J connectivity index is 1.67. The average molecular weight is 228 g/mol. The maximum absolute atomic E-state index is 2.41. The van der Waals surface area contributed by atoms with Gasteiger partial charge in [0, 0.05) is 0 Å². The molecule has 0 heterocycles. The highest BCUT2D eigenvalue weighted by Crippen LogP contribution is 2.39. The lowest BCUT2D eigenvalue weighted by Crippen LogP contribution is -2.11. The summed E-state index contributed by atoms with van der Waals surface area (Å²) in [4.78, 5) is 0. The van der Waals surface area contributed by atoms with Crippen LogP contribution in [0.25, 0.3) is 0 Å². The van der Waals surface area contributed by atoms with Crippen LogP contribution in [0.15, 0.2) is 24.3 Å². The van der Waals surface area contributed by atoms with Gasteiger partial charge in [0.15, 0.2) is 0 Å². The van der Waals surface area contributed by atoms with Crippen LogP contribution in [0.2, 0.25) is 0 Å². The van der Waals surface area contributed by atoms with Gasteiger partial charge in [-0.05, 0) is 54.6 Å². The van der Waals surface area contributed by atoms with Crippen molar-refractivity contribution in [2.75, 3.05) is 0 Å². The van der Waals surface area contributed by atoms with Gasteiger partial charge in [0.25, 0.3) is 0 Å². The molecule has 2 aliphatic carbocycles. The standard InChI is InChI=1S/C17H24/c1-13-5-7-15(8-6-13)17-11-9-16(10-12-17)14-3-2-4-14/h9-15H,2-8H2,1H3. The molecule has 0 heteroatoms. The molecule has 0 unspecified atom stereocenters. The van der Waals surface area contributed by atoms with Crippen molar-refractivity contribution in [2.45, 2.75) is 63.7 Å². The van der Waals surface area contributed by atoms with Crippen LogP contribution >= 0.6 is 0 Å². The molecule has 0 amide bonds. The van der Waals surface area contributed by atoms with Crippen LogP contribution in [-0.4, -0.2) is 0 Å². The van der Waals surface area contributed by atoms with Crippen LogP contribution in [0.5, 0.6) is 0 Å². The monoisotopic (exact) mass is 228 g/mol. The summed E-state index contributed by atoms with van der Waals surface area (Å²) in [5, 5.41) is 0. The first-order valence-corrected chi connectivity index (χ1v) is 7.43. The zero-order valence-electron chi connectivity index (χ0n) is 11.0. The SMILES string of the molecule is CC1CCC(c2ccc(C3CCC3)cc2)CC1. The van der Waals surface area contributed by atoms with Crippen molar-refractivity contribution >= 4 is 0 Å². The van der Waals surface area contributed by atoms with Crippen molar-refractivity contribution in [3.8, 4) is 0 Å². The second kappa shape index (κ2) is 4.84. The molecule has 1 aromatic rings. The van der Waals surface area contributed by atoms with Crippen molar-refractivity contribution < 1.29 is 0 Å². The molecule has 3 rings (SSSR count). The number of benzene rings is 1. The summed E-state index contributed by atoms with van der Waals surface area (Å²) in [6.07, 6.45) is 9.94. The van der Waals surface area contributed by atoms with Crippen molar-refractivity contribution in [3.05, 3.63) is 35.4 Å². The Morgan fingerprint density at radius 2 is 1.18 bits per heavy atom. The van der Waals surface area contributed by atoms with E-state index in [-0.39, 0.29) is 0 Å². The highest BCUT2D eigenvalue weighted by Gasteiger charge is 2.21. The number of rotatable bonds is 2. The zero-order valence-corrected chi connectivity index (χ0v) is 11.0. The minimum Gasteiger partial charge on any atom is -0.0625 e. The Labute approximate surface area is 105 Å². The van der Waals surface area contributed by atoms with E-state index in [1.165, 1.54) is 44.9 Å². The summed E-state index contributed by atoms with van der Waals surface area (Å²) >= 11 is 0.